The maximum absolute atomic E-state index is 13.5. The highest BCUT2D eigenvalue weighted by Gasteiger charge is 2.29. The average molecular weight is 337 g/mol. The number of aromatic carboxylic acids is 1. The molecule has 0 saturated heterocycles. The molecule has 0 bridgehead atoms. The second-order valence-corrected chi connectivity index (χ2v) is 5.33. The summed E-state index contributed by atoms with van der Waals surface area (Å²) >= 11 is 0. The van der Waals surface area contributed by atoms with Gasteiger partial charge in [-0.2, -0.15) is 13.2 Å². The van der Waals surface area contributed by atoms with Crippen molar-refractivity contribution >= 4 is 16.9 Å². The lowest BCUT2D eigenvalue weighted by atomic mass is 10.1. The molecule has 1 heterocycles. The Morgan fingerprint density at radius 3 is 2.33 bits per heavy atom. The topological polar surface area (TPSA) is 42.2 Å². The second kappa shape index (κ2) is 5.67. The smallest absolute Gasteiger partial charge is 0.416 e. The van der Waals surface area contributed by atoms with Crippen LogP contribution in [-0.4, -0.2) is 15.6 Å². The molecule has 3 rings (SSSR count). The summed E-state index contributed by atoms with van der Waals surface area (Å²) in [7, 11) is 0. The van der Waals surface area contributed by atoms with Crippen molar-refractivity contribution in [2.24, 2.45) is 0 Å². The molecule has 2 aromatic carbocycles. The molecule has 0 amide bonds. The molecular weight excluding hydrogens is 326 g/mol. The van der Waals surface area contributed by atoms with E-state index in [9.17, 15) is 27.5 Å². The predicted octanol–water partition coefficient (Wildman–Crippen LogP) is 4.55. The number of nitrogens with zero attached hydrogens (tertiary/aromatic N) is 1. The van der Waals surface area contributed by atoms with Gasteiger partial charge in [-0.1, -0.05) is 12.1 Å². The molecule has 0 fully saturated rings. The van der Waals surface area contributed by atoms with E-state index in [-0.39, 0.29) is 12.1 Å². The Bertz CT molecular complexity index is 911. The number of halogens is 4. The van der Waals surface area contributed by atoms with E-state index in [4.69, 9.17) is 0 Å². The molecule has 0 saturated carbocycles. The number of aromatic nitrogens is 1. The molecule has 1 N–H and O–H groups in total. The van der Waals surface area contributed by atoms with Gasteiger partial charge in [-0.05, 0) is 35.9 Å². The molecule has 24 heavy (non-hydrogen) atoms. The van der Waals surface area contributed by atoms with Crippen LogP contribution >= 0.6 is 0 Å². The van der Waals surface area contributed by atoms with Crippen LogP contribution in [0.4, 0.5) is 17.6 Å². The van der Waals surface area contributed by atoms with Gasteiger partial charge in [-0.15, -0.1) is 0 Å². The minimum atomic E-state index is -4.41. The van der Waals surface area contributed by atoms with E-state index >= 15 is 0 Å². The number of hydrogen-bond acceptors (Lipinski definition) is 1. The first-order chi connectivity index (χ1) is 11.3. The van der Waals surface area contributed by atoms with Gasteiger partial charge in [0.1, 0.15) is 5.82 Å². The fourth-order valence-electron chi connectivity index (χ4n) is 2.60. The minimum Gasteiger partial charge on any atom is -0.478 e. The molecule has 0 aliphatic carbocycles. The second-order valence-electron chi connectivity index (χ2n) is 5.33. The first-order valence-corrected chi connectivity index (χ1v) is 6.93. The fourth-order valence-corrected chi connectivity index (χ4v) is 2.60. The number of hydrogen-bond donors (Lipinski definition) is 1. The third-order valence-electron chi connectivity index (χ3n) is 3.69. The standard InChI is InChI=1S/C17H11F4NO2/c18-13-7-11-5-6-22(15(11)14(8-13)16(23)24)9-10-1-3-12(4-2-10)17(19,20)21/h1-8H,9H2,(H,23,24). The summed E-state index contributed by atoms with van der Waals surface area (Å²) in [6.07, 6.45) is -2.83. The van der Waals surface area contributed by atoms with Gasteiger partial charge in [0.2, 0.25) is 0 Å². The van der Waals surface area contributed by atoms with Gasteiger partial charge < -0.3 is 9.67 Å². The molecule has 3 aromatic rings. The van der Waals surface area contributed by atoms with Crippen LogP contribution in [0, 0.1) is 5.82 Å². The number of alkyl halides is 3. The van der Waals surface area contributed by atoms with E-state index in [2.05, 4.69) is 0 Å². The molecule has 124 valence electrons. The summed E-state index contributed by atoms with van der Waals surface area (Å²) in [5, 5.41) is 9.65. The molecule has 0 radical (unpaired) electrons. The van der Waals surface area contributed by atoms with Crippen molar-refractivity contribution < 1.29 is 27.5 Å². The molecule has 0 spiro atoms. The zero-order chi connectivity index (χ0) is 17.5. The lowest BCUT2D eigenvalue weighted by Crippen LogP contribution is -2.07. The minimum absolute atomic E-state index is 0.174. The summed E-state index contributed by atoms with van der Waals surface area (Å²) in [6.45, 7) is 0.174. The number of carboxylic acid groups (broad SMARTS) is 1. The lowest BCUT2D eigenvalue weighted by Gasteiger charge is -2.10. The van der Waals surface area contributed by atoms with E-state index in [0.717, 1.165) is 18.2 Å². The van der Waals surface area contributed by atoms with E-state index in [1.54, 1.807) is 16.8 Å². The predicted molar refractivity (Wildman–Crippen MR) is 79.4 cm³/mol. The zero-order valence-electron chi connectivity index (χ0n) is 12.1. The highest BCUT2D eigenvalue weighted by atomic mass is 19.4. The lowest BCUT2D eigenvalue weighted by molar-refractivity contribution is -0.137. The van der Waals surface area contributed by atoms with Crippen LogP contribution in [0.1, 0.15) is 21.5 Å². The van der Waals surface area contributed by atoms with Gasteiger partial charge in [0.25, 0.3) is 0 Å². The Balaban J connectivity index is 2.00. The van der Waals surface area contributed by atoms with Crippen LogP contribution in [-0.2, 0) is 12.7 Å². The SMILES string of the molecule is O=C(O)c1cc(F)cc2ccn(Cc3ccc(C(F)(F)F)cc3)c12. The molecule has 0 aliphatic heterocycles. The van der Waals surface area contributed by atoms with Crippen LogP contribution in [0.25, 0.3) is 10.9 Å². The summed E-state index contributed by atoms with van der Waals surface area (Å²) in [4.78, 5) is 11.3. The average Bonchev–Trinajstić information content (AvgIpc) is 2.88. The summed E-state index contributed by atoms with van der Waals surface area (Å²) in [5.74, 6) is -1.93. The van der Waals surface area contributed by atoms with Crippen molar-refractivity contribution in [1.82, 2.24) is 4.57 Å². The Morgan fingerprint density at radius 1 is 1.08 bits per heavy atom. The quantitative estimate of drug-likeness (QED) is 0.713. The Labute approximate surface area is 133 Å². The van der Waals surface area contributed by atoms with Gasteiger partial charge in [0, 0.05) is 18.1 Å². The maximum Gasteiger partial charge on any atom is 0.416 e. The number of carboxylic acids is 1. The van der Waals surface area contributed by atoms with Crippen LogP contribution in [0.15, 0.2) is 48.7 Å². The normalized spacial score (nSPS) is 11.8. The van der Waals surface area contributed by atoms with Crippen molar-refractivity contribution in [3.8, 4) is 0 Å². The largest absolute Gasteiger partial charge is 0.478 e. The molecule has 0 aliphatic rings. The van der Waals surface area contributed by atoms with Crippen LogP contribution in [0.2, 0.25) is 0 Å². The summed E-state index contributed by atoms with van der Waals surface area (Å²) in [6, 6.07) is 8.31. The van der Waals surface area contributed by atoms with Gasteiger partial charge >= 0.3 is 12.1 Å². The van der Waals surface area contributed by atoms with E-state index < -0.39 is 23.5 Å². The zero-order valence-corrected chi connectivity index (χ0v) is 12.1. The first-order valence-electron chi connectivity index (χ1n) is 6.93. The summed E-state index contributed by atoms with van der Waals surface area (Å²) < 4.78 is 52.8. The Hall–Kier alpha value is -2.83. The van der Waals surface area contributed by atoms with E-state index in [1.807, 2.05) is 0 Å². The van der Waals surface area contributed by atoms with Gasteiger partial charge in [0.15, 0.2) is 0 Å². The van der Waals surface area contributed by atoms with Gasteiger partial charge in [-0.25, -0.2) is 9.18 Å². The van der Waals surface area contributed by atoms with Crippen molar-refractivity contribution in [3.63, 3.8) is 0 Å². The first kappa shape index (κ1) is 16.0. The highest BCUT2D eigenvalue weighted by Crippen LogP contribution is 2.29. The number of rotatable bonds is 3. The van der Waals surface area contributed by atoms with E-state index in [1.165, 1.54) is 18.2 Å². The van der Waals surface area contributed by atoms with Crippen LogP contribution in [0.3, 0.4) is 0 Å². The van der Waals surface area contributed by atoms with Crippen molar-refractivity contribution in [3.05, 3.63) is 71.2 Å². The molecule has 3 nitrogen and oxygen atoms in total. The third kappa shape index (κ3) is 2.97. The molecule has 1 aromatic heterocycles. The van der Waals surface area contributed by atoms with Crippen molar-refractivity contribution in [2.45, 2.75) is 12.7 Å². The molecule has 0 unspecified atom stereocenters. The monoisotopic (exact) mass is 337 g/mol. The van der Waals surface area contributed by atoms with Crippen molar-refractivity contribution in [2.75, 3.05) is 0 Å². The maximum atomic E-state index is 13.5. The van der Waals surface area contributed by atoms with Crippen molar-refractivity contribution in [1.29, 1.82) is 0 Å². The summed E-state index contributed by atoms with van der Waals surface area (Å²) in [5.41, 5.74) is -0.0521. The highest BCUT2D eigenvalue weighted by molar-refractivity contribution is 6.02. The fraction of sp³-hybridized carbons (Fsp3) is 0.118. The molecule has 0 atom stereocenters. The van der Waals surface area contributed by atoms with E-state index in [0.29, 0.717) is 16.5 Å². The molecule has 7 heteroatoms. The number of carbonyl (C=O) groups is 1. The number of benzene rings is 2. The number of fused-ring (bicyclic) bond motifs is 1. The molecular formula is C17H11F4NO2. The van der Waals surface area contributed by atoms with Crippen LogP contribution in [0.5, 0.6) is 0 Å². The van der Waals surface area contributed by atoms with Gasteiger partial charge in [-0.3, -0.25) is 0 Å². The third-order valence-corrected chi connectivity index (χ3v) is 3.69. The van der Waals surface area contributed by atoms with Crippen LogP contribution < -0.4 is 0 Å². The van der Waals surface area contributed by atoms with Gasteiger partial charge in [0.05, 0.1) is 16.6 Å². The Morgan fingerprint density at radius 2 is 1.75 bits per heavy atom. The Kier molecular flexibility index (Phi) is 3.79.